The van der Waals surface area contributed by atoms with Crippen molar-refractivity contribution in [1.82, 2.24) is 20.5 Å². The van der Waals surface area contributed by atoms with Crippen LogP contribution in [0.2, 0.25) is 0 Å². The highest BCUT2D eigenvalue weighted by Gasteiger charge is 2.26. The van der Waals surface area contributed by atoms with Crippen LogP contribution < -0.4 is 5.32 Å². The minimum Gasteiger partial charge on any atom is -0.508 e. The molecule has 3 N–H and O–H groups in total. The third kappa shape index (κ3) is 4.05. The van der Waals surface area contributed by atoms with E-state index in [9.17, 15) is 9.90 Å². The molecule has 2 aromatic rings. The third-order valence-electron chi connectivity index (χ3n) is 3.16. The fourth-order valence-electron chi connectivity index (χ4n) is 2.06. The summed E-state index contributed by atoms with van der Waals surface area (Å²) in [6.07, 6.45) is 0.916. The molecule has 21 heavy (non-hydrogen) atoms. The molecule has 0 bridgehead atoms. The van der Waals surface area contributed by atoms with Crippen molar-refractivity contribution in [1.29, 1.82) is 0 Å². The second kappa shape index (κ2) is 5.95. The predicted molar refractivity (Wildman–Crippen MR) is 78.7 cm³/mol. The Bertz CT molecular complexity index is 634. The van der Waals surface area contributed by atoms with Gasteiger partial charge in [-0.25, -0.2) is 4.98 Å². The van der Waals surface area contributed by atoms with Crippen LogP contribution >= 0.6 is 0 Å². The van der Waals surface area contributed by atoms with E-state index in [0.717, 1.165) is 5.56 Å². The highest BCUT2D eigenvalue weighted by molar-refractivity contribution is 5.77. The molecule has 0 aliphatic rings. The number of rotatable bonds is 5. The summed E-state index contributed by atoms with van der Waals surface area (Å²) in [6.45, 7) is 5.54. The lowest BCUT2D eigenvalue weighted by molar-refractivity contribution is -0.122. The molecule has 0 saturated heterocycles. The van der Waals surface area contributed by atoms with E-state index in [2.05, 4.69) is 20.5 Å². The van der Waals surface area contributed by atoms with Crippen LogP contribution in [0.25, 0.3) is 0 Å². The van der Waals surface area contributed by atoms with Crippen molar-refractivity contribution in [3.8, 4) is 5.75 Å². The molecule has 0 atom stereocenters. The Morgan fingerprint density at radius 1 is 1.43 bits per heavy atom. The zero-order valence-corrected chi connectivity index (χ0v) is 12.5. The van der Waals surface area contributed by atoms with Crippen LogP contribution in [0.5, 0.6) is 5.75 Å². The molecular formula is C15H20N4O2. The van der Waals surface area contributed by atoms with Gasteiger partial charge in [-0.1, -0.05) is 12.1 Å². The second-order valence-corrected chi connectivity index (χ2v) is 5.59. The van der Waals surface area contributed by atoms with Crippen LogP contribution in [0.15, 0.2) is 24.3 Å². The maximum atomic E-state index is 12.1. The smallest absolute Gasteiger partial charge is 0.221 e. The lowest BCUT2D eigenvalue weighted by atomic mass is 10.0. The quantitative estimate of drug-likeness (QED) is 0.782. The molecule has 0 aliphatic heterocycles. The Morgan fingerprint density at radius 2 is 2.19 bits per heavy atom. The molecule has 2 rings (SSSR count). The monoisotopic (exact) mass is 288 g/mol. The summed E-state index contributed by atoms with van der Waals surface area (Å²) in [5.41, 5.74) is 0.303. The fraction of sp³-hybridized carbons (Fsp3) is 0.400. The molecule has 0 spiro atoms. The van der Waals surface area contributed by atoms with Crippen LogP contribution in [0.3, 0.4) is 0 Å². The number of H-pyrrole nitrogens is 1. The summed E-state index contributed by atoms with van der Waals surface area (Å²) in [6, 6.07) is 6.93. The number of phenols is 1. The van der Waals surface area contributed by atoms with E-state index < -0.39 is 5.54 Å². The van der Waals surface area contributed by atoms with Crippen LogP contribution in [0, 0.1) is 6.92 Å². The molecule has 0 aliphatic carbocycles. The average Bonchev–Trinajstić information content (AvgIpc) is 2.84. The summed E-state index contributed by atoms with van der Waals surface area (Å²) in [5.74, 6) is 1.41. The Labute approximate surface area is 123 Å². The first-order chi connectivity index (χ1) is 9.87. The topological polar surface area (TPSA) is 90.9 Å². The largest absolute Gasteiger partial charge is 0.508 e. The van der Waals surface area contributed by atoms with Crippen molar-refractivity contribution in [3.63, 3.8) is 0 Å². The number of amides is 1. The fourth-order valence-corrected chi connectivity index (χ4v) is 2.06. The van der Waals surface area contributed by atoms with Gasteiger partial charge in [0.2, 0.25) is 5.91 Å². The molecule has 0 fully saturated rings. The van der Waals surface area contributed by atoms with E-state index in [1.165, 1.54) is 0 Å². The van der Waals surface area contributed by atoms with Crippen LogP contribution in [-0.4, -0.2) is 26.2 Å². The van der Waals surface area contributed by atoms with Crippen molar-refractivity contribution < 1.29 is 9.90 Å². The molecule has 1 aromatic carbocycles. The number of nitrogens with zero attached hydrogens (tertiary/aromatic N) is 2. The molecular weight excluding hydrogens is 268 g/mol. The molecule has 1 aromatic heterocycles. The zero-order chi connectivity index (χ0) is 15.5. The van der Waals surface area contributed by atoms with Crippen molar-refractivity contribution in [2.75, 3.05) is 0 Å². The summed E-state index contributed by atoms with van der Waals surface area (Å²) in [5, 5.41) is 19.2. The SMILES string of the molecule is Cc1nc(C(C)(C)NC(=O)CCc2cccc(O)c2)n[nH]1. The van der Waals surface area contributed by atoms with Gasteiger partial charge in [0.05, 0.1) is 5.54 Å². The van der Waals surface area contributed by atoms with E-state index in [1.54, 1.807) is 18.2 Å². The van der Waals surface area contributed by atoms with E-state index in [-0.39, 0.29) is 11.7 Å². The van der Waals surface area contributed by atoms with Crippen LogP contribution in [-0.2, 0) is 16.8 Å². The van der Waals surface area contributed by atoms with Gasteiger partial charge in [-0.2, -0.15) is 5.10 Å². The van der Waals surface area contributed by atoms with Crippen LogP contribution in [0.4, 0.5) is 0 Å². The van der Waals surface area contributed by atoms with Gasteiger partial charge < -0.3 is 10.4 Å². The summed E-state index contributed by atoms with van der Waals surface area (Å²) in [7, 11) is 0. The maximum Gasteiger partial charge on any atom is 0.221 e. The number of aromatic hydroxyl groups is 1. The third-order valence-corrected chi connectivity index (χ3v) is 3.16. The number of nitrogens with one attached hydrogen (secondary N) is 2. The lowest BCUT2D eigenvalue weighted by Gasteiger charge is -2.22. The van der Waals surface area contributed by atoms with Gasteiger partial charge in [0.15, 0.2) is 5.82 Å². The number of carbonyl (C=O) groups is 1. The summed E-state index contributed by atoms with van der Waals surface area (Å²) < 4.78 is 0. The van der Waals surface area contributed by atoms with Crippen molar-refractivity contribution in [2.45, 2.75) is 39.2 Å². The van der Waals surface area contributed by atoms with Gasteiger partial charge in [0.25, 0.3) is 0 Å². The maximum absolute atomic E-state index is 12.1. The average molecular weight is 288 g/mol. The number of aromatic nitrogens is 3. The van der Waals surface area contributed by atoms with Crippen molar-refractivity contribution in [2.24, 2.45) is 0 Å². The first-order valence-electron chi connectivity index (χ1n) is 6.85. The first-order valence-corrected chi connectivity index (χ1v) is 6.85. The van der Waals surface area contributed by atoms with Gasteiger partial charge in [-0.05, 0) is 44.9 Å². The normalized spacial score (nSPS) is 11.4. The number of hydrogen-bond donors (Lipinski definition) is 3. The van der Waals surface area contributed by atoms with Gasteiger partial charge >= 0.3 is 0 Å². The standard InChI is InChI=1S/C15H20N4O2/c1-10-16-14(19-18-10)15(2,3)17-13(21)8-7-11-5-4-6-12(20)9-11/h4-6,9,20H,7-8H2,1-3H3,(H,17,21)(H,16,18,19). The Kier molecular flexibility index (Phi) is 4.26. The van der Waals surface area contributed by atoms with E-state index in [1.807, 2.05) is 26.8 Å². The predicted octanol–water partition coefficient (Wildman–Crippen LogP) is 1.80. The molecule has 0 radical (unpaired) electrons. The number of carbonyl (C=O) groups excluding carboxylic acids is 1. The van der Waals surface area contributed by atoms with Gasteiger partial charge in [0, 0.05) is 6.42 Å². The van der Waals surface area contributed by atoms with Gasteiger partial charge in [0.1, 0.15) is 11.6 Å². The minimum atomic E-state index is -0.624. The number of phenolic OH excluding ortho intramolecular Hbond substituents is 1. The van der Waals surface area contributed by atoms with E-state index in [4.69, 9.17) is 0 Å². The molecule has 6 heteroatoms. The molecule has 0 saturated carbocycles. The van der Waals surface area contributed by atoms with Crippen LogP contribution in [0.1, 0.15) is 37.5 Å². The Balaban J connectivity index is 1.92. The molecule has 112 valence electrons. The number of aryl methyl sites for hydroxylation is 2. The Morgan fingerprint density at radius 3 is 2.81 bits per heavy atom. The summed E-state index contributed by atoms with van der Waals surface area (Å²) >= 11 is 0. The van der Waals surface area contributed by atoms with Gasteiger partial charge in [-0.3, -0.25) is 9.89 Å². The highest BCUT2D eigenvalue weighted by Crippen LogP contribution is 2.16. The molecule has 6 nitrogen and oxygen atoms in total. The molecule has 1 heterocycles. The first kappa shape index (κ1) is 15.0. The molecule has 1 amide bonds. The highest BCUT2D eigenvalue weighted by atomic mass is 16.3. The minimum absolute atomic E-state index is 0.0780. The van der Waals surface area contributed by atoms with Crippen molar-refractivity contribution >= 4 is 5.91 Å². The van der Waals surface area contributed by atoms with E-state index in [0.29, 0.717) is 24.5 Å². The second-order valence-electron chi connectivity index (χ2n) is 5.59. The number of aromatic amines is 1. The van der Waals surface area contributed by atoms with Gasteiger partial charge in [-0.15, -0.1) is 0 Å². The zero-order valence-electron chi connectivity index (χ0n) is 12.5. The Hall–Kier alpha value is -2.37. The molecule has 0 unspecified atom stereocenters. The lowest BCUT2D eigenvalue weighted by Crippen LogP contribution is -2.42. The van der Waals surface area contributed by atoms with Crippen molar-refractivity contribution in [3.05, 3.63) is 41.5 Å². The summed E-state index contributed by atoms with van der Waals surface area (Å²) in [4.78, 5) is 16.3. The number of hydrogen-bond acceptors (Lipinski definition) is 4. The van der Waals surface area contributed by atoms with E-state index >= 15 is 0 Å². The number of benzene rings is 1.